The quantitative estimate of drug-likeness (QED) is 0.771. The Morgan fingerprint density at radius 1 is 1.21 bits per heavy atom. The monoisotopic (exact) mass is 257 g/mol. The SMILES string of the molecule is Cc1cccc(C(=O)CN(C)Cc2ccc(C)o2)c1. The van der Waals surface area contributed by atoms with Gasteiger partial charge in [-0.2, -0.15) is 0 Å². The zero-order valence-electron chi connectivity index (χ0n) is 11.6. The third-order valence-corrected chi connectivity index (χ3v) is 2.98. The van der Waals surface area contributed by atoms with E-state index in [9.17, 15) is 4.79 Å². The average molecular weight is 257 g/mol. The molecule has 0 saturated heterocycles. The number of ketones is 1. The molecule has 2 aromatic rings. The summed E-state index contributed by atoms with van der Waals surface area (Å²) in [6.07, 6.45) is 0. The number of hydrogen-bond donors (Lipinski definition) is 0. The minimum Gasteiger partial charge on any atom is -0.465 e. The lowest BCUT2D eigenvalue weighted by Gasteiger charge is -2.14. The Morgan fingerprint density at radius 3 is 2.63 bits per heavy atom. The minimum absolute atomic E-state index is 0.134. The van der Waals surface area contributed by atoms with Crippen molar-refractivity contribution in [2.24, 2.45) is 0 Å². The van der Waals surface area contributed by atoms with E-state index in [-0.39, 0.29) is 5.78 Å². The lowest BCUT2D eigenvalue weighted by molar-refractivity contribution is 0.0939. The molecule has 0 unspecified atom stereocenters. The predicted molar refractivity (Wildman–Crippen MR) is 75.3 cm³/mol. The van der Waals surface area contributed by atoms with E-state index in [1.165, 1.54) is 0 Å². The van der Waals surface area contributed by atoms with Gasteiger partial charge >= 0.3 is 0 Å². The van der Waals surface area contributed by atoms with Gasteiger partial charge in [0.2, 0.25) is 0 Å². The van der Waals surface area contributed by atoms with Gasteiger partial charge in [0.1, 0.15) is 11.5 Å². The van der Waals surface area contributed by atoms with Crippen LogP contribution in [0.25, 0.3) is 0 Å². The highest BCUT2D eigenvalue weighted by Crippen LogP contribution is 2.10. The number of furan rings is 1. The maximum Gasteiger partial charge on any atom is 0.176 e. The summed E-state index contributed by atoms with van der Waals surface area (Å²) in [7, 11) is 1.92. The van der Waals surface area contributed by atoms with Gasteiger partial charge < -0.3 is 4.42 Å². The molecular weight excluding hydrogens is 238 g/mol. The summed E-state index contributed by atoms with van der Waals surface area (Å²) in [5.41, 5.74) is 1.87. The number of hydrogen-bond acceptors (Lipinski definition) is 3. The Morgan fingerprint density at radius 2 is 2.00 bits per heavy atom. The second-order valence-corrected chi connectivity index (χ2v) is 4.98. The Hall–Kier alpha value is -1.87. The molecule has 1 heterocycles. The van der Waals surface area contributed by atoms with Gasteiger partial charge in [0.25, 0.3) is 0 Å². The van der Waals surface area contributed by atoms with Crippen LogP contribution in [0.15, 0.2) is 40.8 Å². The van der Waals surface area contributed by atoms with E-state index in [2.05, 4.69) is 0 Å². The average Bonchev–Trinajstić information content (AvgIpc) is 2.74. The normalized spacial score (nSPS) is 10.9. The van der Waals surface area contributed by atoms with Gasteiger partial charge in [-0.05, 0) is 39.1 Å². The maximum atomic E-state index is 12.1. The second kappa shape index (κ2) is 5.85. The minimum atomic E-state index is 0.134. The molecular formula is C16H19NO2. The number of Topliss-reactive ketones (excluding diaryl/α,β-unsaturated/α-hetero) is 1. The molecule has 0 radical (unpaired) electrons. The first-order chi connectivity index (χ1) is 9.04. The van der Waals surface area contributed by atoms with E-state index in [0.717, 1.165) is 22.6 Å². The van der Waals surface area contributed by atoms with Gasteiger partial charge in [-0.3, -0.25) is 9.69 Å². The van der Waals surface area contributed by atoms with Crippen LogP contribution in [0.4, 0.5) is 0 Å². The molecule has 100 valence electrons. The zero-order valence-corrected chi connectivity index (χ0v) is 11.6. The van der Waals surface area contributed by atoms with Gasteiger partial charge in [-0.25, -0.2) is 0 Å². The van der Waals surface area contributed by atoms with Crippen LogP contribution >= 0.6 is 0 Å². The first-order valence-electron chi connectivity index (χ1n) is 6.38. The summed E-state index contributed by atoms with van der Waals surface area (Å²) in [5, 5.41) is 0. The van der Waals surface area contributed by atoms with Gasteiger partial charge in [0, 0.05) is 5.56 Å². The fourth-order valence-corrected chi connectivity index (χ4v) is 2.05. The molecule has 2 rings (SSSR count). The molecule has 0 fully saturated rings. The molecule has 1 aromatic carbocycles. The molecule has 0 spiro atoms. The number of aryl methyl sites for hydroxylation is 2. The molecule has 0 aliphatic carbocycles. The number of benzene rings is 1. The van der Waals surface area contributed by atoms with Crippen LogP contribution in [0, 0.1) is 13.8 Å². The predicted octanol–water partition coefficient (Wildman–Crippen LogP) is 3.21. The Labute approximate surface area is 113 Å². The number of nitrogens with zero attached hydrogens (tertiary/aromatic N) is 1. The van der Waals surface area contributed by atoms with Crippen molar-refractivity contribution in [3.05, 3.63) is 59.0 Å². The molecule has 0 saturated carbocycles. The van der Waals surface area contributed by atoms with Gasteiger partial charge in [0.05, 0.1) is 13.1 Å². The molecule has 0 bridgehead atoms. The van der Waals surface area contributed by atoms with Crippen LogP contribution in [0.1, 0.15) is 27.4 Å². The topological polar surface area (TPSA) is 33.5 Å². The smallest absolute Gasteiger partial charge is 0.176 e. The molecule has 19 heavy (non-hydrogen) atoms. The van der Waals surface area contributed by atoms with E-state index in [1.54, 1.807) is 0 Å². The molecule has 1 aromatic heterocycles. The van der Waals surface area contributed by atoms with E-state index in [1.807, 2.05) is 62.2 Å². The van der Waals surface area contributed by atoms with Crippen molar-refractivity contribution in [1.82, 2.24) is 4.90 Å². The lowest BCUT2D eigenvalue weighted by Crippen LogP contribution is -2.25. The third kappa shape index (κ3) is 3.80. The largest absolute Gasteiger partial charge is 0.465 e. The number of rotatable bonds is 5. The molecule has 3 nitrogen and oxygen atoms in total. The number of likely N-dealkylation sites (N-methyl/N-ethyl adjacent to an activating group) is 1. The fraction of sp³-hybridized carbons (Fsp3) is 0.312. The highest BCUT2D eigenvalue weighted by atomic mass is 16.3. The van der Waals surface area contributed by atoms with Crippen LogP contribution in [-0.4, -0.2) is 24.3 Å². The van der Waals surface area contributed by atoms with Crippen molar-refractivity contribution in [3.8, 4) is 0 Å². The van der Waals surface area contributed by atoms with Crippen LogP contribution in [0.3, 0.4) is 0 Å². The van der Waals surface area contributed by atoms with E-state index in [4.69, 9.17) is 4.42 Å². The first kappa shape index (κ1) is 13.6. The summed E-state index contributed by atoms with van der Waals surface area (Å²) in [4.78, 5) is 14.1. The summed E-state index contributed by atoms with van der Waals surface area (Å²) in [6.45, 7) is 4.95. The van der Waals surface area contributed by atoms with Crippen LogP contribution < -0.4 is 0 Å². The summed E-state index contributed by atoms with van der Waals surface area (Å²) >= 11 is 0. The molecule has 0 aliphatic heterocycles. The van der Waals surface area contributed by atoms with Gasteiger partial charge in [-0.15, -0.1) is 0 Å². The molecule has 0 atom stereocenters. The van der Waals surface area contributed by atoms with E-state index >= 15 is 0 Å². The van der Waals surface area contributed by atoms with E-state index < -0.39 is 0 Å². The Balaban J connectivity index is 1.95. The molecule has 0 aliphatic rings. The number of carbonyl (C=O) groups excluding carboxylic acids is 1. The second-order valence-electron chi connectivity index (χ2n) is 4.98. The molecule has 0 amide bonds. The van der Waals surface area contributed by atoms with Crippen molar-refractivity contribution in [2.75, 3.05) is 13.6 Å². The summed E-state index contributed by atoms with van der Waals surface area (Å²) in [5.74, 6) is 1.92. The highest BCUT2D eigenvalue weighted by Gasteiger charge is 2.11. The van der Waals surface area contributed by atoms with Gasteiger partial charge in [0.15, 0.2) is 5.78 Å². The standard InChI is InChI=1S/C16H19NO2/c1-12-5-4-6-14(9-12)16(18)11-17(3)10-15-8-7-13(2)19-15/h4-9H,10-11H2,1-3H3. The van der Waals surface area contributed by atoms with Crippen LogP contribution in [0.2, 0.25) is 0 Å². The third-order valence-electron chi connectivity index (χ3n) is 2.98. The van der Waals surface area contributed by atoms with Crippen molar-refractivity contribution in [1.29, 1.82) is 0 Å². The van der Waals surface area contributed by atoms with Crippen LogP contribution in [0.5, 0.6) is 0 Å². The Kier molecular flexibility index (Phi) is 4.17. The van der Waals surface area contributed by atoms with Gasteiger partial charge in [-0.1, -0.05) is 23.8 Å². The van der Waals surface area contributed by atoms with Crippen molar-refractivity contribution in [2.45, 2.75) is 20.4 Å². The van der Waals surface area contributed by atoms with Crippen molar-refractivity contribution < 1.29 is 9.21 Å². The van der Waals surface area contributed by atoms with Crippen LogP contribution in [-0.2, 0) is 6.54 Å². The Bertz CT molecular complexity index is 572. The number of carbonyl (C=O) groups is 1. The summed E-state index contributed by atoms with van der Waals surface area (Å²) < 4.78 is 5.51. The first-order valence-corrected chi connectivity index (χ1v) is 6.38. The maximum absolute atomic E-state index is 12.1. The zero-order chi connectivity index (χ0) is 13.8. The molecule has 0 N–H and O–H groups in total. The summed E-state index contributed by atoms with van der Waals surface area (Å²) in [6, 6.07) is 11.6. The van der Waals surface area contributed by atoms with Crippen molar-refractivity contribution >= 4 is 5.78 Å². The fourth-order valence-electron chi connectivity index (χ4n) is 2.05. The molecule has 3 heteroatoms. The van der Waals surface area contributed by atoms with Crippen molar-refractivity contribution in [3.63, 3.8) is 0 Å². The van der Waals surface area contributed by atoms with E-state index in [0.29, 0.717) is 13.1 Å². The lowest BCUT2D eigenvalue weighted by atomic mass is 10.1. The highest BCUT2D eigenvalue weighted by molar-refractivity contribution is 5.97.